The van der Waals surface area contributed by atoms with Gasteiger partial charge >= 0.3 is 5.97 Å². The summed E-state index contributed by atoms with van der Waals surface area (Å²) in [7, 11) is 0. The third-order valence-electron chi connectivity index (χ3n) is 3.63. The van der Waals surface area contributed by atoms with Crippen LogP contribution in [0.5, 0.6) is 5.75 Å². The van der Waals surface area contributed by atoms with Gasteiger partial charge in [-0.15, -0.1) is 11.3 Å². The molecule has 2 rings (SSSR count). The zero-order chi connectivity index (χ0) is 19.3. The lowest BCUT2D eigenvalue weighted by atomic mass is 10.1. The van der Waals surface area contributed by atoms with Gasteiger partial charge in [-0.1, -0.05) is 12.1 Å². The maximum absolute atomic E-state index is 12.4. The Balaban J connectivity index is 2.16. The predicted octanol–water partition coefficient (Wildman–Crippen LogP) is 3.82. The molecule has 1 aromatic heterocycles. The lowest BCUT2D eigenvalue weighted by Crippen LogP contribution is -2.30. The lowest BCUT2D eigenvalue weighted by Gasteiger charge is -2.14. The Bertz CT molecular complexity index is 867. The van der Waals surface area contributed by atoms with E-state index in [-0.39, 0.29) is 12.2 Å². The highest BCUT2D eigenvalue weighted by Crippen LogP contribution is 2.33. The van der Waals surface area contributed by atoms with Crippen LogP contribution >= 0.6 is 11.3 Å². The van der Waals surface area contributed by atoms with E-state index in [9.17, 15) is 14.9 Å². The first-order valence-corrected chi connectivity index (χ1v) is 8.93. The second-order valence-corrected chi connectivity index (χ2v) is 6.68. The highest BCUT2D eigenvalue weighted by molar-refractivity contribution is 7.18. The smallest absolute Gasteiger partial charge is 0.348 e. The second-order valence-electron chi connectivity index (χ2n) is 5.66. The van der Waals surface area contributed by atoms with Crippen LogP contribution in [0.3, 0.4) is 0 Å². The van der Waals surface area contributed by atoms with Crippen LogP contribution in [0.15, 0.2) is 24.3 Å². The van der Waals surface area contributed by atoms with Crippen molar-refractivity contribution in [1.29, 1.82) is 5.26 Å². The molecule has 0 saturated heterocycles. The number of amides is 1. The van der Waals surface area contributed by atoms with Gasteiger partial charge in [-0.3, -0.25) is 4.79 Å². The van der Waals surface area contributed by atoms with Crippen LogP contribution in [0.4, 0.5) is 5.00 Å². The van der Waals surface area contributed by atoms with Crippen LogP contribution in [0.2, 0.25) is 0 Å². The first-order chi connectivity index (χ1) is 12.4. The van der Waals surface area contributed by atoms with Crippen molar-refractivity contribution in [2.75, 3.05) is 11.9 Å². The molecule has 6 nitrogen and oxygen atoms in total. The van der Waals surface area contributed by atoms with Crippen molar-refractivity contribution in [1.82, 2.24) is 0 Å². The minimum absolute atomic E-state index is 0.237. The van der Waals surface area contributed by atoms with Crippen molar-refractivity contribution in [3.63, 3.8) is 0 Å². The Morgan fingerprint density at radius 3 is 2.69 bits per heavy atom. The van der Waals surface area contributed by atoms with E-state index >= 15 is 0 Å². The molecular weight excluding hydrogens is 352 g/mol. The monoisotopic (exact) mass is 372 g/mol. The Morgan fingerprint density at radius 2 is 2.08 bits per heavy atom. The highest BCUT2D eigenvalue weighted by Gasteiger charge is 2.24. The molecule has 0 aliphatic carbocycles. The molecular formula is C19H20N2O4S. The number of nitriles is 1. The molecule has 136 valence electrons. The van der Waals surface area contributed by atoms with Crippen LogP contribution in [0.1, 0.15) is 40.2 Å². The van der Waals surface area contributed by atoms with Crippen molar-refractivity contribution in [3.05, 3.63) is 45.8 Å². The number of ether oxygens (including phenoxy) is 2. The van der Waals surface area contributed by atoms with Gasteiger partial charge in [0.05, 0.1) is 12.2 Å². The SMILES string of the molecule is CCOC(=O)c1sc(NC(=O)[C@@H](C)Oc2cccc(C)c2)c(C#N)c1C. The van der Waals surface area contributed by atoms with Crippen LogP contribution in [0, 0.1) is 25.2 Å². The number of nitrogens with zero attached hydrogens (tertiary/aromatic N) is 1. The second kappa shape index (κ2) is 8.50. The minimum atomic E-state index is -0.767. The van der Waals surface area contributed by atoms with Gasteiger partial charge in [-0.05, 0) is 51.0 Å². The number of carbonyl (C=O) groups excluding carboxylic acids is 2. The van der Waals surface area contributed by atoms with E-state index in [1.807, 2.05) is 31.2 Å². The fourth-order valence-corrected chi connectivity index (χ4v) is 3.34. The van der Waals surface area contributed by atoms with Crippen molar-refractivity contribution in [2.24, 2.45) is 0 Å². The minimum Gasteiger partial charge on any atom is -0.481 e. The molecule has 1 atom stereocenters. The summed E-state index contributed by atoms with van der Waals surface area (Å²) < 4.78 is 10.6. The van der Waals surface area contributed by atoms with Crippen molar-refractivity contribution in [3.8, 4) is 11.8 Å². The Hall–Kier alpha value is -2.85. The summed E-state index contributed by atoms with van der Waals surface area (Å²) in [6, 6.07) is 9.41. The van der Waals surface area contributed by atoms with Gasteiger partial charge < -0.3 is 14.8 Å². The number of thiophene rings is 1. The van der Waals surface area contributed by atoms with Gasteiger partial charge in [0, 0.05) is 0 Å². The van der Waals surface area contributed by atoms with E-state index in [4.69, 9.17) is 9.47 Å². The van der Waals surface area contributed by atoms with Gasteiger partial charge in [0.2, 0.25) is 0 Å². The number of hydrogen-bond acceptors (Lipinski definition) is 6. The Morgan fingerprint density at radius 1 is 1.35 bits per heavy atom. The summed E-state index contributed by atoms with van der Waals surface area (Å²) in [4.78, 5) is 24.7. The standard InChI is InChI=1S/C19H20N2O4S/c1-5-24-19(23)16-12(3)15(10-20)18(26-16)21-17(22)13(4)25-14-8-6-7-11(2)9-14/h6-9,13H,5H2,1-4H3,(H,21,22)/t13-/m1/s1. The molecule has 0 fully saturated rings. The molecule has 0 saturated carbocycles. The average Bonchev–Trinajstić information content (AvgIpc) is 2.90. The van der Waals surface area contributed by atoms with E-state index in [1.165, 1.54) is 0 Å². The van der Waals surface area contributed by atoms with Crippen molar-refractivity contribution < 1.29 is 19.1 Å². The number of rotatable bonds is 6. The van der Waals surface area contributed by atoms with E-state index in [1.54, 1.807) is 26.8 Å². The average molecular weight is 372 g/mol. The third kappa shape index (κ3) is 4.41. The lowest BCUT2D eigenvalue weighted by molar-refractivity contribution is -0.122. The number of hydrogen-bond donors (Lipinski definition) is 1. The molecule has 2 aromatic rings. The number of nitrogens with one attached hydrogen (secondary N) is 1. The molecule has 1 N–H and O–H groups in total. The van der Waals surface area contributed by atoms with Gasteiger partial charge in [-0.25, -0.2) is 4.79 Å². The van der Waals surface area contributed by atoms with E-state index in [2.05, 4.69) is 5.32 Å². The molecule has 1 aromatic carbocycles. The third-order valence-corrected chi connectivity index (χ3v) is 4.82. The predicted molar refractivity (Wildman–Crippen MR) is 99.6 cm³/mol. The summed E-state index contributed by atoms with van der Waals surface area (Å²) in [6.45, 7) is 7.16. The van der Waals surface area contributed by atoms with E-state index in [0.717, 1.165) is 16.9 Å². The summed E-state index contributed by atoms with van der Waals surface area (Å²) in [5.41, 5.74) is 1.78. The van der Waals surface area contributed by atoms with Crippen LogP contribution in [-0.4, -0.2) is 24.6 Å². The molecule has 1 heterocycles. The van der Waals surface area contributed by atoms with Crippen molar-refractivity contribution >= 4 is 28.2 Å². The fraction of sp³-hybridized carbons (Fsp3) is 0.316. The van der Waals surface area contributed by atoms with Gasteiger partial charge in [0.15, 0.2) is 6.10 Å². The summed E-state index contributed by atoms with van der Waals surface area (Å²) in [5.74, 6) is -0.321. The quantitative estimate of drug-likeness (QED) is 0.779. The number of aryl methyl sites for hydroxylation is 1. The Kier molecular flexibility index (Phi) is 6.36. The molecule has 0 unspecified atom stereocenters. The van der Waals surface area contributed by atoms with Gasteiger partial charge in [0.25, 0.3) is 5.91 Å². The van der Waals surface area contributed by atoms with E-state index < -0.39 is 18.0 Å². The zero-order valence-corrected chi connectivity index (χ0v) is 15.9. The fourth-order valence-electron chi connectivity index (χ4n) is 2.29. The van der Waals surface area contributed by atoms with Crippen LogP contribution in [-0.2, 0) is 9.53 Å². The van der Waals surface area contributed by atoms with Crippen LogP contribution in [0.25, 0.3) is 0 Å². The molecule has 0 radical (unpaired) electrons. The molecule has 7 heteroatoms. The molecule has 1 amide bonds. The largest absolute Gasteiger partial charge is 0.481 e. The van der Waals surface area contributed by atoms with Gasteiger partial charge in [-0.2, -0.15) is 5.26 Å². The summed E-state index contributed by atoms with van der Waals surface area (Å²) in [5, 5.41) is 12.4. The maximum Gasteiger partial charge on any atom is 0.348 e. The zero-order valence-electron chi connectivity index (χ0n) is 15.1. The Labute approximate surface area is 156 Å². The number of carbonyl (C=O) groups is 2. The topological polar surface area (TPSA) is 88.4 Å². The number of benzene rings is 1. The summed E-state index contributed by atoms with van der Waals surface area (Å²) >= 11 is 1.03. The molecule has 0 spiro atoms. The molecule has 0 bridgehead atoms. The maximum atomic E-state index is 12.4. The van der Waals surface area contributed by atoms with Gasteiger partial charge in [0.1, 0.15) is 21.7 Å². The number of esters is 1. The molecule has 0 aliphatic rings. The normalized spacial score (nSPS) is 11.3. The first-order valence-electron chi connectivity index (χ1n) is 8.12. The number of anilines is 1. The van der Waals surface area contributed by atoms with Crippen LogP contribution < -0.4 is 10.1 Å². The molecule has 0 aliphatic heterocycles. The molecule has 26 heavy (non-hydrogen) atoms. The summed E-state index contributed by atoms with van der Waals surface area (Å²) in [6.07, 6.45) is -0.767. The first kappa shape index (κ1) is 19.5. The van der Waals surface area contributed by atoms with Crippen molar-refractivity contribution in [2.45, 2.75) is 33.8 Å². The highest BCUT2D eigenvalue weighted by atomic mass is 32.1. The van der Waals surface area contributed by atoms with E-state index in [0.29, 0.717) is 21.2 Å².